The Kier molecular flexibility index (Phi) is 6.44. The van der Waals surface area contributed by atoms with Crippen LogP contribution >= 0.6 is 11.8 Å². The zero-order chi connectivity index (χ0) is 19.2. The van der Waals surface area contributed by atoms with E-state index in [1.165, 1.54) is 30.3 Å². The zero-order valence-electron chi connectivity index (χ0n) is 15.2. The van der Waals surface area contributed by atoms with Crippen LogP contribution in [-0.2, 0) is 16.1 Å². The average Bonchev–Trinajstić information content (AvgIpc) is 3.10. The second-order valence-corrected chi connectivity index (χ2v) is 7.34. The highest BCUT2D eigenvalue weighted by atomic mass is 32.2. The van der Waals surface area contributed by atoms with Gasteiger partial charge in [0, 0.05) is 24.2 Å². The van der Waals surface area contributed by atoms with Crippen LogP contribution in [0.2, 0.25) is 0 Å². The molecule has 0 N–H and O–H groups in total. The van der Waals surface area contributed by atoms with Crippen LogP contribution in [0, 0.1) is 10.1 Å². The molecule has 0 unspecified atom stereocenters. The van der Waals surface area contributed by atoms with Crippen LogP contribution in [0.4, 0.5) is 5.69 Å². The standard InChI is InChI=1S/C18H22N4O4S/c1-2-21-17(13-8-10-14(11-9-13)22(24)25)19-20-18(21)27-12-16(23)26-15-6-4-3-5-7-15/h8-11,15H,2-7,12H2,1H3. The Balaban J connectivity index is 1.64. The molecule has 0 atom stereocenters. The van der Waals surface area contributed by atoms with Crippen molar-refractivity contribution in [3.63, 3.8) is 0 Å². The highest BCUT2D eigenvalue weighted by Crippen LogP contribution is 2.26. The van der Waals surface area contributed by atoms with Crippen molar-refractivity contribution in [3.8, 4) is 11.4 Å². The number of ether oxygens (including phenoxy) is 1. The first-order valence-electron chi connectivity index (χ1n) is 9.08. The van der Waals surface area contributed by atoms with Gasteiger partial charge in [-0.2, -0.15) is 0 Å². The molecule has 0 spiro atoms. The lowest BCUT2D eigenvalue weighted by atomic mass is 9.98. The Bertz CT molecular complexity index is 800. The first kappa shape index (κ1) is 19.3. The number of nitro benzene ring substituents is 1. The Labute approximate surface area is 161 Å². The molecule has 0 amide bonds. The van der Waals surface area contributed by atoms with Gasteiger partial charge in [-0.05, 0) is 44.7 Å². The summed E-state index contributed by atoms with van der Waals surface area (Å²) in [7, 11) is 0. The van der Waals surface area contributed by atoms with Crippen molar-refractivity contribution >= 4 is 23.4 Å². The smallest absolute Gasteiger partial charge is 0.316 e. The molecule has 3 rings (SSSR count). The number of esters is 1. The highest BCUT2D eigenvalue weighted by molar-refractivity contribution is 7.99. The van der Waals surface area contributed by atoms with Crippen LogP contribution < -0.4 is 0 Å². The normalized spacial score (nSPS) is 14.9. The molecule has 1 aromatic carbocycles. The molecule has 1 heterocycles. The van der Waals surface area contributed by atoms with Gasteiger partial charge < -0.3 is 9.30 Å². The molecule has 1 saturated carbocycles. The Morgan fingerprint density at radius 2 is 1.96 bits per heavy atom. The number of thioether (sulfide) groups is 1. The molecule has 0 aliphatic heterocycles. The van der Waals surface area contributed by atoms with Crippen molar-refractivity contribution in [2.75, 3.05) is 5.75 Å². The van der Waals surface area contributed by atoms with Crippen LogP contribution in [0.1, 0.15) is 39.0 Å². The van der Waals surface area contributed by atoms with Gasteiger partial charge in [0.05, 0.1) is 10.7 Å². The number of hydrogen-bond acceptors (Lipinski definition) is 7. The van der Waals surface area contributed by atoms with Crippen LogP contribution in [-0.4, -0.2) is 37.5 Å². The third-order valence-corrected chi connectivity index (χ3v) is 5.48. The van der Waals surface area contributed by atoms with Crippen molar-refractivity contribution in [1.82, 2.24) is 14.8 Å². The van der Waals surface area contributed by atoms with Gasteiger partial charge in [0.1, 0.15) is 6.10 Å². The number of nitro groups is 1. The summed E-state index contributed by atoms with van der Waals surface area (Å²) in [6.45, 7) is 2.59. The van der Waals surface area contributed by atoms with Gasteiger partial charge in [-0.1, -0.05) is 18.2 Å². The highest BCUT2D eigenvalue weighted by Gasteiger charge is 2.20. The Morgan fingerprint density at radius 3 is 2.59 bits per heavy atom. The predicted octanol–water partition coefficient (Wildman–Crippen LogP) is 3.84. The first-order valence-corrected chi connectivity index (χ1v) is 10.1. The minimum Gasteiger partial charge on any atom is -0.462 e. The summed E-state index contributed by atoms with van der Waals surface area (Å²) < 4.78 is 7.42. The number of aromatic nitrogens is 3. The fourth-order valence-corrected chi connectivity index (χ4v) is 3.94. The van der Waals surface area contributed by atoms with E-state index >= 15 is 0 Å². The maximum absolute atomic E-state index is 12.1. The number of carbonyl (C=O) groups is 1. The van der Waals surface area contributed by atoms with Gasteiger partial charge in [-0.25, -0.2) is 0 Å². The molecule has 2 aromatic rings. The average molecular weight is 390 g/mol. The first-order chi connectivity index (χ1) is 13.1. The molecule has 0 radical (unpaired) electrons. The van der Waals surface area contributed by atoms with Gasteiger partial charge >= 0.3 is 5.97 Å². The Morgan fingerprint density at radius 1 is 1.26 bits per heavy atom. The third-order valence-electron chi connectivity index (χ3n) is 4.54. The van der Waals surface area contributed by atoms with Gasteiger partial charge in [-0.15, -0.1) is 10.2 Å². The molecule has 0 saturated heterocycles. The second-order valence-electron chi connectivity index (χ2n) is 6.39. The van der Waals surface area contributed by atoms with E-state index in [-0.39, 0.29) is 23.5 Å². The summed E-state index contributed by atoms with van der Waals surface area (Å²) in [6.07, 6.45) is 5.40. The SMILES string of the molecule is CCn1c(SCC(=O)OC2CCCCC2)nnc1-c1ccc([N+](=O)[O-])cc1. The second kappa shape index (κ2) is 8.98. The van der Waals surface area contributed by atoms with Crippen LogP contribution in [0.3, 0.4) is 0 Å². The number of rotatable bonds is 7. The van der Waals surface area contributed by atoms with Crippen molar-refractivity contribution in [2.45, 2.75) is 56.8 Å². The van der Waals surface area contributed by atoms with E-state index in [0.717, 1.165) is 31.2 Å². The van der Waals surface area contributed by atoms with Crippen molar-refractivity contribution in [2.24, 2.45) is 0 Å². The van der Waals surface area contributed by atoms with E-state index in [2.05, 4.69) is 10.2 Å². The van der Waals surface area contributed by atoms with Crippen molar-refractivity contribution in [1.29, 1.82) is 0 Å². The summed E-state index contributed by atoms with van der Waals surface area (Å²) in [4.78, 5) is 22.5. The minimum absolute atomic E-state index is 0.0290. The molecule has 1 aliphatic rings. The Hall–Kier alpha value is -2.42. The van der Waals surface area contributed by atoms with Gasteiger partial charge in [0.15, 0.2) is 11.0 Å². The summed E-state index contributed by atoms with van der Waals surface area (Å²) in [5, 5.41) is 19.8. The monoisotopic (exact) mass is 390 g/mol. The summed E-state index contributed by atoms with van der Waals surface area (Å²) in [6, 6.07) is 6.19. The lowest BCUT2D eigenvalue weighted by Gasteiger charge is -2.21. The van der Waals surface area contributed by atoms with Crippen LogP contribution in [0.25, 0.3) is 11.4 Å². The predicted molar refractivity (Wildman–Crippen MR) is 101 cm³/mol. The summed E-state index contributed by atoms with van der Waals surface area (Å²) >= 11 is 1.30. The van der Waals surface area contributed by atoms with E-state index in [4.69, 9.17) is 4.74 Å². The van der Waals surface area contributed by atoms with E-state index in [0.29, 0.717) is 17.5 Å². The minimum atomic E-state index is -0.437. The van der Waals surface area contributed by atoms with Gasteiger partial charge in [-0.3, -0.25) is 14.9 Å². The topological polar surface area (TPSA) is 100 Å². The maximum Gasteiger partial charge on any atom is 0.316 e. The summed E-state index contributed by atoms with van der Waals surface area (Å²) in [5.74, 6) is 0.583. The zero-order valence-corrected chi connectivity index (χ0v) is 16.0. The molecule has 27 heavy (non-hydrogen) atoms. The largest absolute Gasteiger partial charge is 0.462 e. The van der Waals surface area contributed by atoms with Crippen molar-refractivity contribution < 1.29 is 14.5 Å². The molecular formula is C18H22N4O4S. The van der Waals surface area contributed by atoms with Crippen LogP contribution in [0.15, 0.2) is 29.4 Å². The van der Waals surface area contributed by atoms with E-state index in [1.807, 2.05) is 11.5 Å². The fourth-order valence-electron chi connectivity index (χ4n) is 3.15. The van der Waals surface area contributed by atoms with E-state index in [1.54, 1.807) is 12.1 Å². The number of carbonyl (C=O) groups excluding carboxylic acids is 1. The number of hydrogen-bond donors (Lipinski definition) is 0. The molecule has 1 fully saturated rings. The molecule has 8 nitrogen and oxygen atoms in total. The third kappa shape index (κ3) is 4.85. The lowest BCUT2D eigenvalue weighted by molar-refractivity contribution is -0.384. The number of benzene rings is 1. The van der Waals surface area contributed by atoms with Crippen molar-refractivity contribution in [3.05, 3.63) is 34.4 Å². The fraction of sp³-hybridized carbons (Fsp3) is 0.500. The van der Waals surface area contributed by atoms with Gasteiger partial charge in [0.2, 0.25) is 0 Å². The summed E-state index contributed by atoms with van der Waals surface area (Å²) in [5.41, 5.74) is 0.771. The molecule has 1 aliphatic carbocycles. The van der Waals surface area contributed by atoms with Gasteiger partial charge in [0.25, 0.3) is 5.69 Å². The molecule has 1 aromatic heterocycles. The lowest BCUT2D eigenvalue weighted by Crippen LogP contribution is -2.22. The molecule has 9 heteroatoms. The van der Waals surface area contributed by atoms with E-state index in [9.17, 15) is 14.9 Å². The van der Waals surface area contributed by atoms with Crippen LogP contribution in [0.5, 0.6) is 0 Å². The number of non-ortho nitro benzene ring substituents is 1. The maximum atomic E-state index is 12.1. The molecule has 0 bridgehead atoms. The molecule has 144 valence electrons. The van der Waals surface area contributed by atoms with E-state index < -0.39 is 4.92 Å². The number of nitrogens with zero attached hydrogens (tertiary/aromatic N) is 4. The quantitative estimate of drug-likeness (QED) is 0.306. The molecular weight excluding hydrogens is 368 g/mol.